The topological polar surface area (TPSA) is 26.0 Å². The lowest BCUT2D eigenvalue weighted by molar-refractivity contribution is 0.626. The van der Waals surface area contributed by atoms with E-state index in [-0.39, 0.29) is 11.9 Å². The van der Waals surface area contributed by atoms with Gasteiger partial charge in [-0.15, -0.1) is 0 Å². The van der Waals surface area contributed by atoms with Crippen molar-refractivity contribution in [3.63, 3.8) is 0 Å². The molecule has 1 aromatic rings. The first-order valence-corrected chi connectivity index (χ1v) is 3.04. The largest absolute Gasteiger partial charge is 0.324 e. The molecule has 0 heterocycles. The van der Waals surface area contributed by atoms with Gasteiger partial charge < -0.3 is 5.73 Å². The maximum absolute atomic E-state index is 12.3. The predicted octanol–water partition coefficient (Wildman–Crippen LogP) is 1.66. The molecule has 2 heteroatoms. The second-order valence-corrected chi connectivity index (χ2v) is 2.16. The van der Waals surface area contributed by atoms with Crippen molar-refractivity contribution in [3.05, 3.63) is 42.6 Å². The highest BCUT2D eigenvalue weighted by atomic mass is 19.1. The van der Waals surface area contributed by atoms with Crippen LogP contribution in [0.4, 0.5) is 4.39 Å². The van der Waals surface area contributed by atoms with Crippen LogP contribution < -0.4 is 5.73 Å². The molecule has 0 spiro atoms. The summed E-state index contributed by atoms with van der Waals surface area (Å²) in [5.41, 5.74) is 6.28. The normalized spacial score (nSPS) is 13.1. The molecule has 1 radical (unpaired) electrons. The molecule has 0 aliphatic carbocycles. The molecular formula is C8H9FN. The van der Waals surface area contributed by atoms with Crippen LogP contribution in [0.2, 0.25) is 0 Å². The Morgan fingerprint density at radius 1 is 1.30 bits per heavy atom. The van der Waals surface area contributed by atoms with Crippen molar-refractivity contribution in [2.24, 2.45) is 5.73 Å². The van der Waals surface area contributed by atoms with E-state index in [1.54, 1.807) is 12.1 Å². The van der Waals surface area contributed by atoms with Crippen LogP contribution in [0.1, 0.15) is 11.6 Å². The fourth-order valence-electron chi connectivity index (χ4n) is 0.710. The second-order valence-electron chi connectivity index (χ2n) is 2.16. The second kappa shape index (κ2) is 2.80. The average Bonchev–Trinajstić information content (AvgIpc) is 1.88. The first kappa shape index (κ1) is 7.22. The summed E-state index contributed by atoms with van der Waals surface area (Å²) in [6.07, 6.45) is 0. The Hall–Kier alpha value is -0.890. The Morgan fingerprint density at radius 2 is 1.80 bits per heavy atom. The Kier molecular flexibility index (Phi) is 2.02. The molecular weight excluding hydrogens is 129 g/mol. The van der Waals surface area contributed by atoms with E-state index in [0.717, 1.165) is 5.56 Å². The quantitative estimate of drug-likeness (QED) is 0.627. The lowest BCUT2D eigenvalue weighted by atomic mass is 10.1. The molecule has 0 saturated carbocycles. The zero-order valence-corrected chi connectivity index (χ0v) is 5.55. The third-order valence-electron chi connectivity index (χ3n) is 1.30. The van der Waals surface area contributed by atoms with Gasteiger partial charge in [-0.1, -0.05) is 12.1 Å². The van der Waals surface area contributed by atoms with E-state index < -0.39 is 0 Å². The molecule has 1 atom stereocenters. The Bertz CT molecular complexity index is 203. The molecule has 0 amide bonds. The summed E-state index contributed by atoms with van der Waals surface area (Å²) >= 11 is 0. The Labute approximate surface area is 59.7 Å². The fourth-order valence-corrected chi connectivity index (χ4v) is 0.710. The predicted molar refractivity (Wildman–Crippen MR) is 38.7 cm³/mol. The van der Waals surface area contributed by atoms with Gasteiger partial charge in [-0.2, -0.15) is 0 Å². The van der Waals surface area contributed by atoms with Crippen LogP contribution in [0.5, 0.6) is 0 Å². The Balaban J connectivity index is 2.89. The number of hydrogen-bond acceptors (Lipinski definition) is 1. The molecule has 1 aromatic carbocycles. The number of hydrogen-bond donors (Lipinski definition) is 1. The van der Waals surface area contributed by atoms with Crippen LogP contribution in [-0.2, 0) is 0 Å². The number of halogens is 1. The van der Waals surface area contributed by atoms with E-state index in [2.05, 4.69) is 6.92 Å². The summed E-state index contributed by atoms with van der Waals surface area (Å²) in [7, 11) is 0. The van der Waals surface area contributed by atoms with Crippen LogP contribution in [0, 0.1) is 12.7 Å². The first-order valence-electron chi connectivity index (χ1n) is 3.04. The minimum Gasteiger partial charge on any atom is -0.324 e. The molecule has 2 N–H and O–H groups in total. The maximum atomic E-state index is 12.3. The number of benzene rings is 1. The molecule has 53 valence electrons. The van der Waals surface area contributed by atoms with Gasteiger partial charge in [0.15, 0.2) is 0 Å². The van der Waals surface area contributed by atoms with E-state index >= 15 is 0 Å². The highest BCUT2D eigenvalue weighted by Gasteiger charge is 1.97. The smallest absolute Gasteiger partial charge is 0.123 e. The van der Waals surface area contributed by atoms with Gasteiger partial charge >= 0.3 is 0 Å². The molecule has 0 bridgehead atoms. The zero-order valence-electron chi connectivity index (χ0n) is 5.55. The van der Waals surface area contributed by atoms with Gasteiger partial charge in [-0.05, 0) is 24.6 Å². The van der Waals surface area contributed by atoms with E-state index in [1.807, 2.05) is 0 Å². The van der Waals surface area contributed by atoms with Gasteiger partial charge in [0.25, 0.3) is 0 Å². The molecule has 0 fully saturated rings. The molecule has 10 heavy (non-hydrogen) atoms. The molecule has 0 saturated heterocycles. The Morgan fingerprint density at radius 3 is 2.20 bits per heavy atom. The van der Waals surface area contributed by atoms with Crippen molar-refractivity contribution in [2.75, 3.05) is 0 Å². The van der Waals surface area contributed by atoms with Crippen LogP contribution >= 0.6 is 0 Å². The summed E-state index contributed by atoms with van der Waals surface area (Å²) in [5.74, 6) is -0.246. The van der Waals surface area contributed by atoms with Gasteiger partial charge in [0.1, 0.15) is 5.82 Å². The summed E-state index contributed by atoms with van der Waals surface area (Å²) in [5, 5.41) is 0. The average molecular weight is 138 g/mol. The molecule has 0 aromatic heterocycles. The number of rotatable bonds is 1. The van der Waals surface area contributed by atoms with Gasteiger partial charge in [-0.25, -0.2) is 4.39 Å². The van der Waals surface area contributed by atoms with Crippen molar-refractivity contribution >= 4 is 0 Å². The van der Waals surface area contributed by atoms with E-state index in [4.69, 9.17) is 5.73 Å². The summed E-state index contributed by atoms with van der Waals surface area (Å²) in [4.78, 5) is 0. The van der Waals surface area contributed by atoms with Crippen molar-refractivity contribution < 1.29 is 4.39 Å². The molecule has 1 unspecified atom stereocenters. The van der Waals surface area contributed by atoms with Crippen molar-refractivity contribution in [3.8, 4) is 0 Å². The SMILES string of the molecule is [CH2]C(N)c1ccc(F)cc1. The van der Waals surface area contributed by atoms with E-state index in [1.165, 1.54) is 12.1 Å². The van der Waals surface area contributed by atoms with E-state index in [0.29, 0.717) is 0 Å². The van der Waals surface area contributed by atoms with Crippen LogP contribution in [0.15, 0.2) is 24.3 Å². The monoisotopic (exact) mass is 138 g/mol. The maximum Gasteiger partial charge on any atom is 0.123 e. The lowest BCUT2D eigenvalue weighted by Gasteiger charge is -2.02. The molecule has 0 aliphatic rings. The lowest BCUT2D eigenvalue weighted by Crippen LogP contribution is -2.04. The summed E-state index contributed by atoms with van der Waals surface area (Å²) < 4.78 is 12.3. The summed E-state index contributed by atoms with van der Waals surface area (Å²) in [6, 6.07) is 5.75. The van der Waals surface area contributed by atoms with Crippen LogP contribution in [0.25, 0.3) is 0 Å². The van der Waals surface area contributed by atoms with Gasteiger partial charge in [0.2, 0.25) is 0 Å². The van der Waals surface area contributed by atoms with Crippen molar-refractivity contribution in [1.82, 2.24) is 0 Å². The van der Waals surface area contributed by atoms with Crippen molar-refractivity contribution in [2.45, 2.75) is 6.04 Å². The third-order valence-corrected chi connectivity index (χ3v) is 1.30. The minimum atomic E-state index is -0.263. The van der Waals surface area contributed by atoms with E-state index in [9.17, 15) is 4.39 Å². The first-order chi connectivity index (χ1) is 4.70. The summed E-state index contributed by atoms with van der Waals surface area (Å²) in [6.45, 7) is 3.59. The minimum absolute atomic E-state index is 0.246. The fraction of sp³-hybridized carbons (Fsp3) is 0.125. The van der Waals surface area contributed by atoms with Crippen LogP contribution in [-0.4, -0.2) is 0 Å². The third kappa shape index (κ3) is 1.54. The highest BCUT2D eigenvalue weighted by molar-refractivity contribution is 5.19. The van der Waals surface area contributed by atoms with Gasteiger partial charge in [0, 0.05) is 6.04 Å². The van der Waals surface area contributed by atoms with Crippen molar-refractivity contribution in [1.29, 1.82) is 0 Å². The molecule has 0 aliphatic heterocycles. The highest BCUT2D eigenvalue weighted by Crippen LogP contribution is 2.08. The standard InChI is InChI=1S/C8H9FN/c1-6(10)7-2-4-8(9)5-3-7/h2-6H,1,10H2. The number of nitrogens with two attached hydrogens (primary N) is 1. The molecule has 1 rings (SSSR count). The van der Waals surface area contributed by atoms with Gasteiger partial charge in [0.05, 0.1) is 0 Å². The van der Waals surface area contributed by atoms with Crippen LogP contribution in [0.3, 0.4) is 0 Å². The molecule has 1 nitrogen and oxygen atoms in total. The zero-order chi connectivity index (χ0) is 7.56. The van der Waals surface area contributed by atoms with Gasteiger partial charge in [-0.3, -0.25) is 0 Å².